The number of alkyl halides is 3. The van der Waals surface area contributed by atoms with Crippen molar-refractivity contribution in [3.63, 3.8) is 0 Å². The number of ether oxygens (including phenoxy) is 3. The third-order valence-electron chi connectivity index (χ3n) is 6.29. The monoisotopic (exact) mass is 489 g/mol. The lowest BCUT2D eigenvalue weighted by Crippen LogP contribution is -2.41. The smallest absolute Gasteiger partial charge is 0.418 e. The summed E-state index contributed by atoms with van der Waals surface area (Å²) < 4.78 is 57.6. The molecule has 2 fully saturated rings. The maximum absolute atomic E-state index is 13.5. The van der Waals surface area contributed by atoms with Crippen LogP contribution in [0.1, 0.15) is 40.4 Å². The molecule has 3 aromatic rings. The highest BCUT2D eigenvalue weighted by molar-refractivity contribution is 5.99. The summed E-state index contributed by atoms with van der Waals surface area (Å²) in [7, 11) is 0. The van der Waals surface area contributed by atoms with Crippen LogP contribution < -0.4 is 14.8 Å². The van der Waals surface area contributed by atoms with Crippen molar-refractivity contribution in [1.82, 2.24) is 19.9 Å². The average Bonchev–Trinajstić information content (AvgIpc) is 3.61. The van der Waals surface area contributed by atoms with Gasteiger partial charge in [-0.3, -0.25) is 4.79 Å². The fraction of sp³-hybridized carbons (Fsp3) is 0.435. The van der Waals surface area contributed by atoms with Crippen LogP contribution in [0.15, 0.2) is 18.3 Å². The predicted molar refractivity (Wildman–Crippen MR) is 118 cm³/mol. The van der Waals surface area contributed by atoms with Gasteiger partial charge in [0.25, 0.3) is 5.91 Å². The van der Waals surface area contributed by atoms with E-state index in [4.69, 9.17) is 14.2 Å². The lowest BCUT2D eigenvalue weighted by Gasteiger charge is -2.29. The van der Waals surface area contributed by atoms with Crippen molar-refractivity contribution < 1.29 is 32.2 Å². The van der Waals surface area contributed by atoms with Gasteiger partial charge < -0.3 is 29.4 Å². The SMILES string of the molecule is O=C(c1ccc(Nc2nc(C3CC3)c3c(C(F)(F)F)c[nH]c3n2)c2c1OCCO2)N1CCOCC1. The molecule has 9 nitrogen and oxygen atoms in total. The van der Waals surface area contributed by atoms with Gasteiger partial charge in [0, 0.05) is 25.2 Å². The molecule has 184 valence electrons. The summed E-state index contributed by atoms with van der Waals surface area (Å²) in [6, 6.07) is 3.31. The molecule has 0 bridgehead atoms. The zero-order chi connectivity index (χ0) is 24.2. The molecule has 6 rings (SSSR count). The summed E-state index contributed by atoms with van der Waals surface area (Å²) >= 11 is 0. The molecule has 1 saturated carbocycles. The highest BCUT2D eigenvalue weighted by Gasteiger charge is 2.38. The van der Waals surface area contributed by atoms with E-state index in [2.05, 4.69) is 20.3 Å². The second kappa shape index (κ2) is 8.29. The Hall–Kier alpha value is -3.54. The number of carbonyl (C=O) groups is 1. The molecule has 0 atom stereocenters. The number of nitrogens with one attached hydrogen (secondary N) is 2. The van der Waals surface area contributed by atoms with Crippen LogP contribution in [0.3, 0.4) is 0 Å². The van der Waals surface area contributed by atoms with Crippen molar-refractivity contribution in [2.75, 3.05) is 44.8 Å². The number of halogens is 3. The molecule has 3 aliphatic rings. The van der Waals surface area contributed by atoms with E-state index in [9.17, 15) is 18.0 Å². The third-order valence-corrected chi connectivity index (χ3v) is 6.29. The van der Waals surface area contributed by atoms with Gasteiger partial charge in [-0.15, -0.1) is 0 Å². The third kappa shape index (κ3) is 4.01. The van der Waals surface area contributed by atoms with Crippen LogP contribution in [0.5, 0.6) is 11.5 Å². The predicted octanol–water partition coefficient (Wildman–Crippen LogP) is 3.84. The second-order valence-corrected chi connectivity index (χ2v) is 8.68. The highest BCUT2D eigenvalue weighted by Crippen LogP contribution is 2.46. The molecular weight excluding hydrogens is 467 g/mol. The Kier molecular flexibility index (Phi) is 5.20. The number of benzene rings is 1. The van der Waals surface area contributed by atoms with Crippen LogP contribution in [-0.2, 0) is 10.9 Å². The van der Waals surface area contributed by atoms with Crippen molar-refractivity contribution >= 4 is 28.6 Å². The van der Waals surface area contributed by atoms with Gasteiger partial charge in [0.2, 0.25) is 5.95 Å². The lowest BCUT2D eigenvalue weighted by molar-refractivity contribution is -0.136. The van der Waals surface area contributed by atoms with Crippen LogP contribution in [0.4, 0.5) is 24.8 Å². The van der Waals surface area contributed by atoms with Crippen molar-refractivity contribution in [2.45, 2.75) is 24.9 Å². The van der Waals surface area contributed by atoms with Gasteiger partial charge >= 0.3 is 6.18 Å². The molecule has 2 aliphatic heterocycles. The summed E-state index contributed by atoms with van der Waals surface area (Å²) in [6.07, 6.45) is -2.02. The molecule has 2 N–H and O–H groups in total. The van der Waals surface area contributed by atoms with Crippen LogP contribution in [0, 0.1) is 0 Å². The van der Waals surface area contributed by atoms with Gasteiger partial charge in [-0.1, -0.05) is 0 Å². The van der Waals surface area contributed by atoms with Crippen LogP contribution in [-0.4, -0.2) is 65.3 Å². The molecule has 1 aromatic carbocycles. The Morgan fingerprint density at radius 2 is 1.80 bits per heavy atom. The van der Waals surface area contributed by atoms with Crippen LogP contribution in [0.2, 0.25) is 0 Å². The molecule has 4 heterocycles. The number of carbonyl (C=O) groups excluding carboxylic acids is 1. The van der Waals surface area contributed by atoms with Crippen LogP contribution >= 0.6 is 0 Å². The minimum atomic E-state index is -4.51. The quantitative estimate of drug-likeness (QED) is 0.574. The summed E-state index contributed by atoms with van der Waals surface area (Å²) in [4.78, 5) is 26.2. The lowest BCUT2D eigenvalue weighted by atomic mass is 10.1. The van der Waals surface area contributed by atoms with Crippen LogP contribution in [0.25, 0.3) is 11.0 Å². The molecular formula is C23H22F3N5O4. The maximum atomic E-state index is 13.5. The number of aromatic amines is 1. The topological polar surface area (TPSA) is 102 Å². The van der Waals surface area contributed by atoms with Gasteiger partial charge in [0.05, 0.1) is 41.1 Å². The first-order valence-electron chi connectivity index (χ1n) is 11.4. The number of aromatic nitrogens is 3. The van der Waals surface area contributed by atoms with E-state index < -0.39 is 11.7 Å². The minimum Gasteiger partial charge on any atom is -0.485 e. The second-order valence-electron chi connectivity index (χ2n) is 8.68. The Bertz CT molecular complexity index is 1300. The molecule has 35 heavy (non-hydrogen) atoms. The summed E-state index contributed by atoms with van der Waals surface area (Å²) in [5.41, 5.74) is 0.558. The number of nitrogens with zero attached hydrogens (tertiary/aromatic N) is 3. The van der Waals surface area contributed by atoms with E-state index in [0.717, 1.165) is 19.0 Å². The summed E-state index contributed by atoms with van der Waals surface area (Å²) in [6.45, 7) is 2.50. The molecule has 1 aliphatic carbocycles. The summed E-state index contributed by atoms with van der Waals surface area (Å²) in [5, 5.41) is 3.08. The largest absolute Gasteiger partial charge is 0.485 e. The Labute approximate surface area is 197 Å². The summed E-state index contributed by atoms with van der Waals surface area (Å²) in [5.74, 6) is 0.579. The molecule has 12 heteroatoms. The number of fused-ring (bicyclic) bond motifs is 2. The van der Waals surface area contributed by atoms with Gasteiger partial charge in [-0.2, -0.15) is 18.2 Å². The van der Waals surface area contributed by atoms with Gasteiger partial charge in [-0.05, 0) is 25.0 Å². The number of amides is 1. The molecule has 1 amide bonds. The fourth-order valence-corrected chi connectivity index (χ4v) is 4.45. The molecule has 0 spiro atoms. The van der Waals surface area contributed by atoms with Gasteiger partial charge in [0.15, 0.2) is 11.5 Å². The number of morpholine rings is 1. The average molecular weight is 489 g/mol. The van der Waals surface area contributed by atoms with E-state index in [1.807, 2.05) is 0 Å². The molecule has 0 unspecified atom stereocenters. The zero-order valence-corrected chi connectivity index (χ0v) is 18.6. The van der Waals surface area contributed by atoms with E-state index >= 15 is 0 Å². The maximum Gasteiger partial charge on any atom is 0.418 e. The normalized spacial score (nSPS) is 18.1. The number of anilines is 2. The Morgan fingerprint density at radius 1 is 1.06 bits per heavy atom. The van der Waals surface area contributed by atoms with E-state index in [-0.39, 0.29) is 42.0 Å². The van der Waals surface area contributed by atoms with Crippen molar-refractivity contribution in [1.29, 1.82) is 0 Å². The van der Waals surface area contributed by atoms with Crippen molar-refractivity contribution in [3.8, 4) is 11.5 Å². The van der Waals surface area contributed by atoms with Gasteiger partial charge in [0.1, 0.15) is 18.9 Å². The van der Waals surface area contributed by atoms with Gasteiger partial charge in [-0.25, -0.2) is 4.98 Å². The standard InChI is InChI=1S/C23H22F3N5O4/c24-23(25,26)14-11-27-20-16(14)17(12-1-2-12)29-22(30-20)28-15-4-3-13(18-19(15)35-10-9-34-18)21(32)31-5-7-33-8-6-31/h3-4,11-12H,1-2,5-10H2,(H2,27,28,29,30). The number of hydrogen-bond acceptors (Lipinski definition) is 7. The fourth-order valence-electron chi connectivity index (χ4n) is 4.45. The molecule has 1 saturated heterocycles. The van der Waals surface area contributed by atoms with Crippen molar-refractivity contribution in [2.24, 2.45) is 0 Å². The zero-order valence-electron chi connectivity index (χ0n) is 18.6. The van der Waals surface area contributed by atoms with Crippen molar-refractivity contribution in [3.05, 3.63) is 35.2 Å². The number of hydrogen-bond donors (Lipinski definition) is 2. The van der Waals surface area contributed by atoms with E-state index in [1.54, 1.807) is 17.0 Å². The highest BCUT2D eigenvalue weighted by atomic mass is 19.4. The number of H-pyrrole nitrogens is 1. The Balaban J connectivity index is 1.37. The first-order valence-corrected chi connectivity index (χ1v) is 11.4. The number of rotatable bonds is 4. The van der Waals surface area contributed by atoms with E-state index in [0.29, 0.717) is 54.7 Å². The first-order chi connectivity index (χ1) is 16.9. The Morgan fingerprint density at radius 3 is 2.51 bits per heavy atom. The molecule has 2 aromatic heterocycles. The minimum absolute atomic E-state index is 0.0126. The first kappa shape index (κ1) is 22.0. The molecule has 0 radical (unpaired) electrons. The van der Waals surface area contributed by atoms with E-state index in [1.165, 1.54) is 0 Å².